The second-order valence-electron chi connectivity index (χ2n) is 19.2. The van der Waals surface area contributed by atoms with E-state index < -0.39 is 5.41 Å². The molecule has 70 heavy (non-hydrogen) atoms. The first-order chi connectivity index (χ1) is 34.5. The number of rotatable bonds is 9. The molecule has 0 fully saturated rings. The van der Waals surface area contributed by atoms with Crippen molar-refractivity contribution in [3.05, 3.63) is 294 Å². The third-order valence-corrected chi connectivity index (χ3v) is 16.3. The second-order valence-corrected chi connectivity index (χ2v) is 20.2. The van der Waals surface area contributed by atoms with Gasteiger partial charge in [0.05, 0.1) is 11.1 Å². The van der Waals surface area contributed by atoms with Gasteiger partial charge in [0.1, 0.15) is 0 Å². The highest BCUT2D eigenvalue weighted by Gasteiger charge is 2.39. The summed E-state index contributed by atoms with van der Waals surface area (Å²) in [5, 5.41) is 5.05. The lowest BCUT2D eigenvalue weighted by Gasteiger charge is -2.37. The van der Waals surface area contributed by atoms with Crippen LogP contribution in [-0.2, 0) is 10.8 Å². The zero-order valence-electron chi connectivity index (χ0n) is 39.2. The Labute approximate surface area is 414 Å². The fourth-order valence-electron chi connectivity index (χ4n) is 11.7. The molecule has 332 valence electrons. The van der Waals surface area contributed by atoms with Gasteiger partial charge >= 0.3 is 0 Å². The molecule has 1 aromatic heterocycles. The van der Waals surface area contributed by atoms with Crippen molar-refractivity contribution >= 4 is 59.3 Å². The third kappa shape index (κ3) is 6.59. The van der Waals surface area contributed by atoms with Gasteiger partial charge in [-0.1, -0.05) is 238 Å². The number of hydrogen-bond acceptors (Lipinski definition) is 2. The summed E-state index contributed by atoms with van der Waals surface area (Å²) < 4.78 is 2.65. The molecule has 0 atom stereocenters. The molecule has 0 saturated carbocycles. The first kappa shape index (κ1) is 41.9. The summed E-state index contributed by atoms with van der Waals surface area (Å²) in [7, 11) is 0. The lowest BCUT2D eigenvalue weighted by molar-refractivity contribution is 0.660. The third-order valence-electron chi connectivity index (χ3n) is 15.0. The molecule has 0 radical (unpaired) electrons. The van der Waals surface area contributed by atoms with Crippen LogP contribution in [0.5, 0.6) is 0 Å². The summed E-state index contributed by atoms with van der Waals surface area (Å²) in [6.45, 7) is 4.72. The maximum Gasteiger partial charge on any atom is 0.0701 e. The summed E-state index contributed by atoms with van der Waals surface area (Å²) in [5.74, 6) is 0. The van der Waals surface area contributed by atoms with Crippen LogP contribution in [0, 0.1) is 0 Å². The summed E-state index contributed by atoms with van der Waals surface area (Å²) in [5.41, 5.74) is 17.7. The van der Waals surface area contributed by atoms with Gasteiger partial charge in [-0.05, 0) is 108 Å². The van der Waals surface area contributed by atoms with Crippen molar-refractivity contribution in [1.82, 2.24) is 0 Å². The fraction of sp³-hybridized carbons (Fsp3) is 0.0588. The van der Waals surface area contributed by atoms with Gasteiger partial charge < -0.3 is 4.90 Å². The summed E-state index contributed by atoms with van der Waals surface area (Å²) in [4.78, 5) is 2.50. The average Bonchev–Trinajstić information content (AvgIpc) is 3.92. The molecule has 0 aliphatic heterocycles. The number of fused-ring (bicyclic) bond motifs is 7. The van der Waals surface area contributed by atoms with E-state index in [1.54, 1.807) is 0 Å². The Morgan fingerprint density at radius 3 is 1.60 bits per heavy atom. The highest BCUT2D eigenvalue weighted by molar-refractivity contribution is 7.26. The van der Waals surface area contributed by atoms with Crippen molar-refractivity contribution in [2.45, 2.75) is 24.7 Å². The molecule has 0 N–H and O–H groups in total. The predicted molar refractivity (Wildman–Crippen MR) is 298 cm³/mol. The Bertz CT molecular complexity index is 3790. The first-order valence-corrected chi connectivity index (χ1v) is 25.1. The van der Waals surface area contributed by atoms with Gasteiger partial charge in [-0.25, -0.2) is 0 Å². The molecule has 12 aromatic rings. The molecule has 0 bridgehead atoms. The van der Waals surface area contributed by atoms with E-state index in [1.807, 2.05) is 11.3 Å². The minimum atomic E-state index is -0.563. The van der Waals surface area contributed by atoms with Crippen LogP contribution in [0.1, 0.15) is 47.2 Å². The monoisotopic (exact) mass is 911 g/mol. The van der Waals surface area contributed by atoms with Crippen LogP contribution >= 0.6 is 11.3 Å². The Kier molecular flexibility index (Phi) is 10.0. The zero-order chi connectivity index (χ0) is 46.8. The first-order valence-electron chi connectivity index (χ1n) is 24.3. The molecule has 0 unspecified atom stereocenters. The molecular weight excluding hydrogens is 863 g/mol. The predicted octanol–water partition coefficient (Wildman–Crippen LogP) is 18.7. The van der Waals surface area contributed by atoms with Crippen LogP contribution in [0.3, 0.4) is 0 Å². The summed E-state index contributed by atoms with van der Waals surface area (Å²) in [6.07, 6.45) is 0. The number of anilines is 3. The van der Waals surface area contributed by atoms with Crippen LogP contribution in [0.25, 0.3) is 64.3 Å². The number of nitrogens with zero attached hydrogens (tertiary/aromatic N) is 1. The van der Waals surface area contributed by atoms with Crippen LogP contribution in [0.15, 0.2) is 261 Å². The van der Waals surface area contributed by atoms with Crippen molar-refractivity contribution in [2.24, 2.45) is 0 Å². The van der Waals surface area contributed by atoms with Crippen molar-refractivity contribution in [1.29, 1.82) is 0 Å². The molecule has 13 rings (SSSR count). The van der Waals surface area contributed by atoms with Crippen LogP contribution in [0.2, 0.25) is 0 Å². The Hall–Kier alpha value is -8.30. The standard InChI is InChI=1S/C68H49NS/c1-67(2)61-31-16-14-27-57(61)60-45-54(42-43-62(60)67)69(53-40-38-52(39-41-53)68(49-20-6-3-7-21-49,50-22-8-4-9-23-50)51-24-10-5-11-25-51)63-44-37-46-19-12-13-26-55(46)65(63)48-35-33-47(34-36-48)56-29-18-30-59-58-28-15-17-32-64(58)70-66(56)59/h3-45H,1-2H3. The molecule has 11 aromatic carbocycles. The number of thiophene rings is 1. The maximum absolute atomic E-state index is 2.50. The second kappa shape index (κ2) is 16.7. The van der Waals surface area contributed by atoms with E-state index in [-0.39, 0.29) is 5.41 Å². The van der Waals surface area contributed by atoms with Crippen LogP contribution in [-0.4, -0.2) is 0 Å². The Balaban J connectivity index is 1.02. The highest BCUT2D eigenvalue weighted by Crippen LogP contribution is 2.53. The Morgan fingerprint density at radius 1 is 0.371 bits per heavy atom. The molecule has 1 aliphatic carbocycles. The molecule has 0 spiro atoms. The lowest BCUT2D eigenvalue weighted by atomic mass is 9.65. The van der Waals surface area contributed by atoms with Gasteiger partial charge in [0.25, 0.3) is 0 Å². The topological polar surface area (TPSA) is 3.24 Å². The van der Waals surface area contributed by atoms with E-state index in [1.165, 1.54) is 97.7 Å². The lowest BCUT2D eigenvalue weighted by Crippen LogP contribution is -2.31. The van der Waals surface area contributed by atoms with Crippen LogP contribution < -0.4 is 4.90 Å². The minimum absolute atomic E-state index is 0.109. The highest BCUT2D eigenvalue weighted by atomic mass is 32.1. The van der Waals surface area contributed by atoms with Gasteiger partial charge in [0.15, 0.2) is 0 Å². The van der Waals surface area contributed by atoms with Gasteiger partial charge in [-0.2, -0.15) is 0 Å². The quantitative estimate of drug-likeness (QED) is 0.130. The normalized spacial score (nSPS) is 12.8. The molecule has 2 heteroatoms. The largest absolute Gasteiger partial charge is 0.310 e. The smallest absolute Gasteiger partial charge is 0.0701 e. The number of hydrogen-bond donors (Lipinski definition) is 0. The van der Waals surface area contributed by atoms with E-state index in [9.17, 15) is 0 Å². The zero-order valence-corrected chi connectivity index (χ0v) is 40.0. The average molecular weight is 912 g/mol. The fourth-order valence-corrected chi connectivity index (χ4v) is 13.0. The molecule has 1 aliphatic rings. The molecule has 0 saturated heterocycles. The van der Waals surface area contributed by atoms with Gasteiger partial charge in [-0.3, -0.25) is 0 Å². The van der Waals surface area contributed by atoms with Crippen LogP contribution in [0.4, 0.5) is 17.1 Å². The Morgan fingerprint density at radius 2 is 0.900 bits per heavy atom. The molecule has 1 heterocycles. The van der Waals surface area contributed by atoms with E-state index in [0.717, 1.165) is 17.1 Å². The SMILES string of the molecule is CC1(C)c2ccccc2-c2cc(N(c3ccc(C(c4ccccc4)(c4ccccc4)c4ccccc4)cc3)c3ccc4ccccc4c3-c3ccc(-c4cccc5c4sc4ccccc45)cc3)ccc21. The summed E-state index contributed by atoms with van der Waals surface area (Å²) in [6, 6.07) is 96.8. The molecular formula is C68H49NS. The van der Waals surface area contributed by atoms with Gasteiger partial charge in [-0.15, -0.1) is 11.3 Å². The minimum Gasteiger partial charge on any atom is -0.310 e. The van der Waals surface area contributed by atoms with Gasteiger partial charge in [0, 0.05) is 42.5 Å². The number of benzene rings is 11. The molecule has 1 nitrogen and oxygen atoms in total. The van der Waals surface area contributed by atoms with Crippen molar-refractivity contribution < 1.29 is 0 Å². The van der Waals surface area contributed by atoms with Crippen molar-refractivity contribution in [2.75, 3.05) is 4.90 Å². The summed E-state index contributed by atoms with van der Waals surface area (Å²) >= 11 is 1.88. The van der Waals surface area contributed by atoms with Crippen molar-refractivity contribution in [3.63, 3.8) is 0 Å². The van der Waals surface area contributed by atoms with E-state index in [0.29, 0.717) is 0 Å². The van der Waals surface area contributed by atoms with Gasteiger partial charge in [0.2, 0.25) is 0 Å². The van der Waals surface area contributed by atoms with E-state index >= 15 is 0 Å². The molecule has 0 amide bonds. The van der Waals surface area contributed by atoms with Crippen molar-refractivity contribution in [3.8, 4) is 33.4 Å². The van der Waals surface area contributed by atoms with E-state index in [4.69, 9.17) is 0 Å². The van der Waals surface area contributed by atoms with E-state index in [2.05, 4.69) is 280 Å². The maximum atomic E-state index is 2.50.